The van der Waals surface area contributed by atoms with Gasteiger partial charge in [-0.2, -0.15) is 0 Å². The monoisotopic (exact) mass is 360 g/mol. The van der Waals surface area contributed by atoms with Crippen LogP contribution in [0.5, 0.6) is 5.75 Å². The smallest absolute Gasteiger partial charge is 0.244 e. The van der Waals surface area contributed by atoms with Gasteiger partial charge in [0.1, 0.15) is 5.75 Å². The summed E-state index contributed by atoms with van der Waals surface area (Å²) in [5, 5.41) is 4.84. The van der Waals surface area contributed by atoms with Crippen molar-refractivity contribution in [1.29, 1.82) is 0 Å². The van der Waals surface area contributed by atoms with Crippen LogP contribution in [0.25, 0.3) is 0 Å². The number of rotatable bonds is 9. The SMILES string of the molecule is CCN(CC(=O)Nc1ccccc1OC)C(=O)CCCc1cccs1. The van der Waals surface area contributed by atoms with Gasteiger partial charge in [-0.15, -0.1) is 11.3 Å². The molecule has 0 unspecified atom stereocenters. The van der Waals surface area contributed by atoms with Gasteiger partial charge in [-0.1, -0.05) is 18.2 Å². The Morgan fingerprint density at radius 3 is 2.68 bits per heavy atom. The van der Waals surface area contributed by atoms with Crippen molar-refractivity contribution in [3.63, 3.8) is 0 Å². The Morgan fingerprint density at radius 2 is 2.00 bits per heavy atom. The Balaban J connectivity index is 1.83. The van der Waals surface area contributed by atoms with Gasteiger partial charge in [-0.3, -0.25) is 9.59 Å². The van der Waals surface area contributed by atoms with Gasteiger partial charge in [-0.25, -0.2) is 0 Å². The molecule has 0 bridgehead atoms. The Kier molecular flexibility index (Phi) is 7.47. The minimum absolute atomic E-state index is 0.00855. The van der Waals surface area contributed by atoms with E-state index >= 15 is 0 Å². The molecular formula is C19H24N2O3S. The summed E-state index contributed by atoms with van der Waals surface area (Å²) in [6.07, 6.45) is 2.14. The van der Waals surface area contributed by atoms with Crippen molar-refractivity contribution in [2.75, 3.05) is 25.5 Å². The second-order valence-electron chi connectivity index (χ2n) is 5.59. The van der Waals surface area contributed by atoms with E-state index in [9.17, 15) is 9.59 Å². The van der Waals surface area contributed by atoms with Crippen LogP contribution in [0.2, 0.25) is 0 Å². The zero-order chi connectivity index (χ0) is 18.1. The van der Waals surface area contributed by atoms with E-state index < -0.39 is 0 Å². The molecular weight excluding hydrogens is 336 g/mol. The third-order valence-corrected chi connectivity index (χ3v) is 4.78. The van der Waals surface area contributed by atoms with Gasteiger partial charge in [0, 0.05) is 17.8 Å². The molecule has 1 heterocycles. The number of amides is 2. The highest BCUT2D eigenvalue weighted by Crippen LogP contribution is 2.22. The molecule has 6 heteroatoms. The van der Waals surface area contributed by atoms with Crippen LogP contribution in [0.4, 0.5) is 5.69 Å². The van der Waals surface area contributed by atoms with E-state index in [1.165, 1.54) is 4.88 Å². The fourth-order valence-corrected chi connectivity index (χ4v) is 3.27. The third kappa shape index (κ3) is 5.90. The summed E-state index contributed by atoms with van der Waals surface area (Å²) in [4.78, 5) is 27.5. The molecule has 0 saturated heterocycles. The van der Waals surface area contributed by atoms with Crippen molar-refractivity contribution < 1.29 is 14.3 Å². The maximum atomic E-state index is 12.3. The molecule has 2 amide bonds. The highest BCUT2D eigenvalue weighted by atomic mass is 32.1. The number of benzene rings is 1. The summed E-state index contributed by atoms with van der Waals surface area (Å²) in [5.74, 6) is 0.383. The number of hydrogen-bond donors (Lipinski definition) is 1. The van der Waals surface area contributed by atoms with Gasteiger partial charge in [0.15, 0.2) is 0 Å². The average molecular weight is 360 g/mol. The number of hydrogen-bond acceptors (Lipinski definition) is 4. The summed E-state index contributed by atoms with van der Waals surface area (Å²) in [7, 11) is 1.56. The summed E-state index contributed by atoms with van der Waals surface area (Å²) < 4.78 is 5.22. The molecule has 0 fully saturated rings. The molecule has 134 valence electrons. The lowest BCUT2D eigenvalue weighted by Crippen LogP contribution is -2.37. The topological polar surface area (TPSA) is 58.6 Å². The molecule has 0 saturated carbocycles. The second kappa shape index (κ2) is 9.84. The first-order chi connectivity index (χ1) is 12.1. The van der Waals surface area contributed by atoms with Crippen LogP contribution < -0.4 is 10.1 Å². The number of carbonyl (C=O) groups excluding carboxylic acids is 2. The zero-order valence-corrected chi connectivity index (χ0v) is 15.5. The van der Waals surface area contributed by atoms with Crippen molar-refractivity contribution in [3.05, 3.63) is 46.7 Å². The largest absolute Gasteiger partial charge is 0.495 e. The number of likely N-dealkylation sites (N-methyl/N-ethyl adjacent to an activating group) is 1. The molecule has 1 aromatic heterocycles. The number of para-hydroxylation sites is 2. The van der Waals surface area contributed by atoms with Crippen LogP contribution in [0.15, 0.2) is 41.8 Å². The van der Waals surface area contributed by atoms with Crippen LogP contribution in [0.1, 0.15) is 24.6 Å². The van der Waals surface area contributed by atoms with Crippen molar-refractivity contribution >= 4 is 28.8 Å². The zero-order valence-electron chi connectivity index (χ0n) is 14.7. The fourth-order valence-electron chi connectivity index (χ4n) is 2.51. The van der Waals surface area contributed by atoms with E-state index in [0.29, 0.717) is 24.4 Å². The first-order valence-corrected chi connectivity index (χ1v) is 9.25. The summed E-state index contributed by atoms with van der Waals surface area (Å²) in [6, 6.07) is 11.3. The predicted molar refractivity (Wildman–Crippen MR) is 101 cm³/mol. The highest BCUT2D eigenvalue weighted by molar-refractivity contribution is 7.09. The third-order valence-electron chi connectivity index (χ3n) is 3.84. The quantitative estimate of drug-likeness (QED) is 0.744. The lowest BCUT2D eigenvalue weighted by Gasteiger charge is -2.20. The van der Waals surface area contributed by atoms with E-state index in [0.717, 1.165) is 12.8 Å². The van der Waals surface area contributed by atoms with E-state index in [2.05, 4.69) is 11.4 Å². The van der Waals surface area contributed by atoms with Gasteiger partial charge < -0.3 is 15.0 Å². The van der Waals surface area contributed by atoms with Gasteiger partial charge >= 0.3 is 0 Å². The lowest BCUT2D eigenvalue weighted by atomic mass is 10.2. The standard InChI is InChI=1S/C19H24N2O3S/c1-3-21(19(23)12-6-8-15-9-7-13-25-15)14-18(22)20-16-10-4-5-11-17(16)24-2/h4-5,7,9-11,13H,3,6,8,12,14H2,1-2H3,(H,20,22). The van der Waals surface area contributed by atoms with Gasteiger partial charge in [0.25, 0.3) is 0 Å². The molecule has 0 aliphatic carbocycles. The number of thiophene rings is 1. The number of nitrogens with zero attached hydrogens (tertiary/aromatic N) is 1. The molecule has 0 spiro atoms. The second-order valence-corrected chi connectivity index (χ2v) is 6.62. The summed E-state index contributed by atoms with van der Waals surface area (Å²) in [5.41, 5.74) is 0.608. The van der Waals surface area contributed by atoms with Crippen LogP contribution in [0.3, 0.4) is 0 Å². The number of nitrogens with one attached hydrogen (secondary N) is 1. The normalized spacial score (nSPS) is 10.3. The van der Waals surface area contributed by atoms with Gasteiger partial charge in [0.2, 0.25) is 11.8 Å². The molecule has 0 atom stereocenters. The van der Waals surface area contributed by atoms with Gasteiger partial charge in [0.05, 0.1) is 19.3 Å². The maximum absolute atomic E-state index is 12.3. The molecule has 25 heavy (non-hydrogen) atoms. The van der Waals surface area contributed by atoms with Crippen molar-refractivity contribution in [2.24, 2.45) is 0 Å². The molecule has 0 aliphatic rings. The number of ether oxygens (including phenoxy) is 1. The predicted octanol–water partition coefficient (Wildman–Crippen LogP) is 3.57. The lowest BCUT2D eigenvalue weighted by molar-refractivity contribution is -0.134. The van der Waals surface area contributed by atoms with E-state index in [4.69, 9.17) is 4.74 Å². The Morgan fingerprint density at radius 1 is 1.20 bits per heavy atom. The van der Waals surface area contributed by atoms with Crippen molar-refractivity contribution in [3.8, 4) is 5.75 Å². The van der Waals surface area contributed by atoms with Crippen LogP contribution in [-0.2, 0) is 16.0 Å². The molecule has 0 aliphatic heterocycles. The first-order valence-electron chi connectivity index (χ1n) is 8.37. The Labute approximate surface area is 152 Å². The molecule has 1 aromatic carbocycles. The van der Waals surface area contributed by atoms with E-state index in [1.54, 1.807) is 35.5 Å². The molecule has 2 aromatic rings. The van der Waals surface area contributed by atoms with Crippen molar-refractivity contribution in [1.82, 2.24) is 4.90 Å². The van der Waals surface area contributed by atoms with E-state index in [-0.39, 0.29) is 18.4 Å². The average Bonchev–Trinajstić information content (AvgIpc) is 3.13. The van der Waals surface area contributed by atoms with Crippen molar-refractivity contribution in [2.45, 2.75) is 26.2 Å². The number of anilines is 1. The molecule has 2 rings (SSSR count). The first kappa shape index (κ1) is 19.0. The van der Waals surface area contributed by atoms with Crippen LogP contribution in [0, 0.1) is 0 Å². The molecule has 5 nitrogen and oxygen atoms in total. The minimum Gasteiger partial charge on any atom is -0.495 e. The molecule has 1 N–H and O–H groups in total. The molecule has 0 radical (unpaired) electrons. The summed E-state index contributed by atoms with van der Waals surface area (Å²) in [6.45, 7) is 2.44. The van der Waals surface area contributed by atoms with Gasteiger partial charge in [-0.05, 0) is 43.3 Å². The van der Waals surface area contributed by atoms with Crippen LogP contribution in [-0.4, -0.2) is 36.9 Å². The highest BCUT2D eigenvalue weighted by Gasteiger charge is 2.16. The van der Waals surface area contributed by atoms with Crippen LogP contribution >= 0.6 is 11.3 Å². The summed E-state index contributed by atoms with van der Waals surface area (Å²) >= 11 is 1.70. The minimum atomic E-state index is -0.224. The maximum Gasteiger partial charge on any atom is 0.244 e. The number of methoxy groups -OCH3 is 1. The fraction of sp³-hybridized carbons (Fsp3) is 0.368. The van der Waals surface area contributed by atoms with E-state index in [1.807, 2.05) is 30.5 Å². The number of aryl methyl sites for hydroxylation is 1. The Bertz CT molecular complexity index is 686. The number of carbonyl (C=O) groups is 2. The Hall–Kier alpha value is -2.34.